The third-order valence-corrected chi connectivity index (χ3v) is 3.77. The summed E-state index contributed by atoms with van der Waals surface area (Å²) < 4.78 is 13.5. The Bertz CT molecular complexity index is 705. The number of anilines is 1. The maximum absolute atomic E-state index is 13.5. The molecule has 2 aromatic rings. The van der Waals surface area contributed by atoms with Gasteiger partial charge in [-0.15, -0.1) is 0 Å². The lowest BCUT2D eigenvalue weighted by molar-refractivity contribution is 0.102. The molecule has 1 amide bonds. The average molecular weight is 326 g/mol. The Morgan fingerprint density at radius 1 is 1.00 bits per heavy atom. The first-order valence-corrected chi connectivity index (χ1v) is 7.09. The molecule has 0 saturated heterocycles. The summed E-state index contributed by atoms with van der Waals surface area (Å²) in [5, 5.41) is 2.78. The van der Waals surface area contributed by atoms with Crippen LogP contribution in [0, 0.1) is 26.6 Å². The summed E-state index contributed by atoms with van der Waals surface area (Å²) in [6.07, 6.45) is 0. The largest absolute Gasteiger partial charge is 0.321 e. The van der Waals surface area contributed by atoms with Gasteiger partial charge in [-0.2, -0.15) is 0 Å². The van der Waals surface area contributed by atoms with Gasteiger partial charge in [0.05, 0.1) is 15.6 Å². The quantitative estimate of drug-likeness (QED) is 0.745. The molecule has 0 aliphatic carbocycles. The molecule has 5 heteroatoms. The molecule has 0 bridgehead atoms. The van der Waals surface area contributed by atoms with E-state index in [0.29, 0.717) is 5.69 Å². The molecule has 2 nitrogen and oxygen atoms in total. The van der Waals surface area contributed by atoms with Gasteiger partial charge in [0.15, 0.2) is 0 Å². The van der Waals surface area contributed by atoms with Crippen LogP contribution in [0.2, 0.25) is 10.0 Å². The van der Waals surface area contributed by atoms with Gasteiger partial charge in [-0.3, -0.25) is 4.79 Å². The Hall–Kier alpha value is -1.58. The van der Waals surface area contributed by atoms with E-state index in [1.54, 1.807) is 0 Å². The van der Waals surface area contributed by atoms with Gasteiger partial charge in [0.1, 0.15) is 5.82 Å². The number of carbonyl (C=O) groups excluding carboxylic acids is 1. The van der Waals surface area contributed by atoms with Crippen molar-refractivity contribution in [3.8, 4) is 0 Å². The molecule has 110 valence electrons. The highest BCUT2D eigenvalue weighted by Crippen LogP contribution is 2.27. The fraction of sp³-hybridized carbons (Fsp3) is 0.188. The minimum atomic E-state index is -0.677. The van der Waals surface area contributed by atoms with E-state index < -0.39 is 11.7 Å². The lowest BCUT2D eigenvalue weighted by atomic mass is 10.0. The van der Waals surface area contributed by atoms with Crippen molar-refractivity contribution in [2.24, 2.45) is 0 Å². The third-order valence-electron chi connectivity index (χ3n) is 3.17. The molecule has 0 radical (unpaired) electrons. The summed E-state index contributed by atoms with van der Waals surface area (Å²) in [4.78, 5) is 12.3. The normalized spacial score (nSPS) is 10.6. The first-order chi connectivity index (χ1) is 9.79. The molecular weight excluding hydrogens is 312 g/mol. The third kappa shape index (κ3) is 3.36. The molecule has 2 aromatic carbocycles. The minimum Gasteiger partial charge on any atom is -0.321 e. The molecule has 0 aliphatic heterocycles. The number of benzene rings is 2. The van der Waals surface area contributed by atoms with E-state index in [2.05, 4.69) is 5.32 Å². The summed E-state index contributed by atoms with van der Waals surface area (Å²) in [5.74, 6) is -1.14. The van der Waals surface area contributed by atoms with Gasteiger partial charge in [-0.1, -0.05) is 40.9 Å². The van der Waals surface area contributed by atoms with Gasteiger partial charge < -0.3 is 5.32 Å². The van der Waals surface area contributed by atoms with Crippen LogP contribution in [0.4, 0.5) is 10.1 Å². The standard InChI is InChI=1S/C16H14Cl2FNO/c1-8-4-9(2)15(10(3)5-8)20-16(21)11-6-14(19)13(18)7-12(11)17/h4-7H,1-3H3,(H,20,21). The maximum Gasteiger partial charge on any atom is 0.257 e. The van der Waals surface area contributed by atoms with Crippen LogP contribution in [0.25, 0.3) is 0 Å². The maximum atomic E-state index is 13.5. The predicted molar refractivity (Wildman–Crippen MR) is 85.0 cm³/mol. The van der Waals surface area contributed by atoms with Crippen LogP contribution in [-0.4, -0.2) is 5.91 Å². The van der Waals surface area contributed by atoms with Crippen molar-refractivity contribution in [1.29, 1.82) is 0 Å². The molecule has 0 fully saturated rings. The fourth-order valence-electron chi connectivity index (χ4n) is 2.25. The van der Waals surface area contributed by atoms with Crippen molar-refractivity contribution in [3.05, 3.63) is 62.4 Å². The number of hydrogen-bond acceptors (Lipinski definition) is 1. The second-order valence-corrected chi connectivity index (χ2v) is 5.79. The molecule has 21 heavy (non-hydrogen) atoms. The lowest BCUT2D eigenvalue weighted by Gasteiger charge is -2.13. The molecule has 0 spiro atoms. The number of carbonyl (C=O) groups is 1. The molecule has 0 saturated carbocycles. The van der Waals surface area contributed by atoms with E-state index in [1.165, 1.54) is 6.07 Å². The number of hydrogen-bond donors (Lipinski definition) is 1. The Kier molecular flexibility index (Phi) is 4.55. The second-order valence-electron chi connectivity index (χ2n) is 4.97. The first kappa shape index (κ1) is 15.8. The number of rotatable bonds is 2. The molecule has 0 aromatic heterocycles. The topological polar surface area (TPSA) is 29.1 Å². The number of aryl methyl sites for hydroxylation is 3. The first-order valence-electron chi connectivity index (χ1n) is 6.33. The Morgan fingerprint density at radius 3 is 2.14 bits per heavy atom. The highest BCUT2D eigenvalue weighted by molar-refractivity contribution is 6.37. The van der Waals surface area contributed by atoms with Gasteiger partial charge in [0, 0.05) is 5.69 Å². The summed E-state index contributed by atoms with van der Waals surface area (Å²) in [7, 11) is 0. The summed E-state index contributed by atoms with van der Waals surface area (Å²) in [6, 6.07) is 6.19. The summed E-state index contributed by atoms with van der Waals surface area (Å²) in [5.41, 5.74) is 3.74. The van der Waals surface area contributed by atoms with Crippen LogP contribution in [-0.2, 0) is 0 Å². The molecule has 2 rings (SSSR count). The molecule has 0 unspecified atom stereocenters. The van der Waals surface area contributed by atoms with Crippen molar-refractivity contribution < 1.29 is 9.18 Å². The zero-order valence-corrected chi connectivity index (χ0v) is 13.4. The molecule has 0 atom stereocenters. The average Bonchev–Trinajstić information content (AvgIpc) is 2.37. The van der Waals surface area contributed by atoms with Gasteiger partial charge >= 0.3 is 0 Å². The highest BCUT2D eigenvalue weighted by atomic mass is 35.5. The molecule has 0 aliphatic rings. The van der Waals surface area contributed by atoms with E-state index in [1.807, 2.05) is 32.9 Å². The van der Waals surface area contributed by atoms with Crippen LogP contribution in [0.3, 0.4) is 0 Å². The molecular formula is C16H14Cl2FNO. The van der Waals surface area contributed by atoms with Crippen LogP contribution in [0.1, 0.15) is 27.0 Å². The Labute approximate surface area is 132 Å². The van der Waals surface area contributed by atoms with Crippen molar-refractivity contribution in [2.75, 3.05) is 5.32 Å². The van der Waals surface area contributed by atoms with Crippen LogP contribution < -0.4 is 5.32 Å². The zero-order valence-electron chi connectivity index (χ0n) is 11.9. The van der Waals surface area contributed by atoms with E-state index >= 15 is 0 Å². The minimum absolute atomic E-state index is 0.0536. The van der Waals surface area contributed by atoms with Crippen molar-refractivity contribution in [2.45, 2.75) is 20.8 Å². The lowest BCUT2D eigenvalue weighted by Crippen LogP contribution is -2.15. The Morgan fingerprint density at radius 2 is 1.57 bits per heavy atom. The van der Waals surface area contributed by atoms with Gasteiger partial charge in [0.2, 0.25) is 0 Å². The van der Waals surface area contributed by atoms with Gasteiger partial charge in [-0.25, -0.2) is 4.39 Å². The van der Waals surface area contributed by atoms with E-state index in [9.17, 15) is 9.18 Å². The van der Waals surface area contributed by atoms with Crippen molar-refractivity contribution in [3.63, 3.8) is 0 Å². The Balaban J connectivity index is 2.37. The van der Waals surface area contributed by atoms with Crippen molar-refractivity contribution >= 4 is 34.8 Å². The van der Waals surface area contributed by atoms with E-state index in [-0.39, 0.29) is 15.6 Å². The number of amides is 1. The summed E-state index contributed by atoms with van der Waals surface area (Å²) in [6.45, 7) is 5.79. The smallest absolute Gasteiger partial charge is 0.257 e. The second kappa shape index (κ2) is 6.04. The zero-order chi connectivity index (χ0) is 15.7. The van der Waals surface area contributed by atoms with E-state index in [0.717, 1.165) is 22.8 Å². The predicted octanol–water partition coefficient (Wildman–Crippen LogP) is 5.31. The van der Waals surface area contributed by atoms with Crippen LogP contribution in [0.5, 0.6) is 0 Å². The highest BCUT2D eigenvalue weighted by Gasteiger charge is 2.16. The van der Waals surface area contributed by atoms with Crippen LogP contribution >= 0.6 is 23.2 Å². The van der Waals surface area contributed by atoms with Crippen LogP contribution in [0.15, 0.2) is 24.3 Å². The van der Waals surface area contributed by atoms with Gasteiger partial charge in [0.25, 0.3) is 5.91 Å². The number of nitrogens with one attached hydrogen (secondary N) is 1. The molecule has 0 heterocycles. The van der Waals surface area contributed by atoms with Gasteiger partial charge in [-0.05, 0) is 44.0 Å². The van der Waals surface area contributed by atoms with E-state index in [4.69, 9.17) is 23.2 Å². The number of halogens is 3. The molecule has 1 N–H and O–H groups in total. The fourth-order valence-corrected chi connectivity index (χ4v) is 2.72. The SMILES string of the molecule is Cc1cc(C)c(NC(=O)c2cc(F)c(Cl)cc2Cl)c(C)c1. The van der Waals surface area contributed by atoms with Crippen molar-refractivity contribution in [1.82, 2.24) is 0 Å². The monoisotopic (exact) mass is 325 g/mol. The summed E-state index contributed by atoms with van der Waals surface area (Å²) >= 11 is 11.6.